The number of rotatable bonds is 10. The second kappa shape index (κ2) is 11.3. The van der Waals surface area contributed by atoms with Crippen LogP contribution in [0.3, 0.4) is 0 Å². The Morgan fingerprint density at radius 3 is 2.03 bits per heavy atom. The maximum Gasteiger partial charge on any atom is 0.339 e. The first kappa shape index (κ1) is 23.4. The normalized spacial score (nSPS) is 10.7. The standard InChI is InChI=1S/C22H22F4O4/c1-2-3-4-5-8-11-29-21(27)15-9-6-7-10-16(15)22(28)30-13-14-12-17(23)19(25)20(26)18(14)24/h6-7,9-10,12H,2-5,8,11,13H2,1H3. The Bertz CT molecular complexity index is 899. The summed E-state index contributed by atoms with van der Waals surface area (Å²) in [5, 5.41) is 0. The van der Waals surface area contributed by atoms with E-state index in [2.05, 4.69) is 6.92 Å². The lowest BCUT2D eigenvalue weighted by molar-refractivity contribution is 0.0432. The molecule has 2 aromatic rings. The summed E-state index contributed by atoms with van der Waals surface area (Å²) in [7, 11) is 0. The van der Waals surface area contributed by atoms with Gasteiger partial charge in [-0.15, -0.1) is 0 Å². The average Bonchev–Trinajstić information content (AvgIpc) is 2.75. The Hall–Kier alpha value is -2.90. The van der Waals surface area contributed by atoms with Crippen LogP contribution in [0.25, 0.3) is 0 Å². The maximum absolute atomic E-state index is 13.7. The maximum atomic E-state index is 13.7. The minimum absolute atomic E-state index is 0.0482. The molecule has 0 saturated heterocycles. The number of hydrogen-bond donors (Lipinski definition) is 0. The van der Waals surface area contributed by atoms with Crippen LogP contribution in [0, 0.1) is 23.3 Å². The molecule has 0 N–H and O–H groups in total. The van der Waals surface area contributed by atoms with Crippen LogP contribution in [0.15, 0.2) is 30.3 Å². The van der Waals surface area contributed by atoms with Gasteiger partial charge in [0.2, 0.25) is 0 Å². The minimum Gasteiger partial charge on any atom is -0.462 e. The van der Waals surface area contributed by atoms with Crippen LogP contribution in [0.2, 0.25) is 0 Å². The largest absolute Gasteiger partial charge is 0.462 e. The Morgan fingerprint density at radius 1 is 0.800 bits per heavy atom. The molecule has 0 fully saturated rings. The molecule has 0 aliphatic rings. The third kappa shape index (κ3) is 6.05. The minimum atomic E-state index is -2.00. The summed E-state index contributed by atoms with van der Waals surface area (Å²) in [6.07, 6.45) is 4.85. The van der Waals surface area contributed by atoms with Gasteiger partial charge in [0.15, 0.2) is 23.3 Å². The third-order valence-corrected chi connectivity index (χ3v) is 4.38. The molecule has 0 amide bonds. The highest BCUT2D eigenvalue weighted by Gasteiger charge is 2.22. The molecule has 0 aliphatic heterocycles. The smallest absolute Gasteiger partial charge is 0.339 e. The van der Waals surface area contributed by atoms with Gasteiger partial charge in [0.25, 0.3) is 0 Å². The molecule has 8 heteroatoms. The van der Waals surface area contributed by atoms with Gasteiger partial charge >= 0.3 is 11.9 Å². The Morgan fingerprint density at radius 2 is 1.40 bits per heavy atom. The summed E-state index contributed by atoms with van der Waals surface area (Å²) < 4.78 is 63.3. The van der Waals surface area contributed by atoms with Crippen LogP contribution in [-0.2, 0) is 16.1 Å². The van der Waals surface area contributed by atoms with Gasteiger partial charge in [0.05, 0.1) is 17.7 Å². The van der Waals surface area contributed by atoms with E-state index in [1.165, 1.54) is 24.3 Å². The van der Waals surface area contributed by atoms with Crippen molar-refractivity contribution < 1.29 is 36.6 Å². The van der Waals surface area contributed by atoms with Crippen molar-refractivity contribution >= 4 is 11.9 Å². The number of benzene rings is 2. The van der Waals surface area contributed by atoms with Crippen molar-refractivity contribution in [2.24, 2.45) is 0 Å². The molecule has 30 heavy (non-hydrogen) atoms. The van der Waals surface area contributed by atoms with Crippen molar-refractivity contribution in [1.82, 2.24) is 0 Å². The fourth-order valence-corrected chi connectivity index (χ4v) is 2.74. The molecule has 0 aromatic heterocycles. The molecule has 0 bridgehead atoms. The van der Waals surface area contributed by atoms with Gasteiger partial charge in [-0.25, -0.2) is 27.2 Å². The van der Waals surface area contributed by atoms with Crippen LogP contribution in [0.4, 0.5) is 17.6 Å². The summed E-state index contributed by atoms with van der Waals surface area (Å²) in [6, 6.07) is 6.09. The monoisotopic (exact) mass is 426 g/mol. The zero-order chi connectivity index (χ0) is 22.1. The summed E-state index contributed by atoms with van der Waals surface area (Å²) >= 11 is 0. The molecule has 2 rings (SSSR count). The van der Waals surface area contributed by atoms with Gasteiger partial charge in [-0.1, -0.05) is 44.7 Å². The van der Waals surface area contributed by atoms with Crippen molar-refractivity contribution in [1.29, 1.82) is 0 Å². The van der Waals surface area contributed by atoms with E-state index < -0.39 is 47.4 Å². The first-order chi connectivity index (χ1) is 14.4. The Labute approximate surface area is 171 Å². The first-order valence-electron chi connectivity index (χ1n) is 9.62. The number of unbranched alkanes of at least 4 members (excludes halogenated alkanes) is 4. The van der Waals surface area contributed by atoms with Crippen molar-refractivity contribution in [2.45, 2.75) is 45.6 Å². The number of halogens is 4. The Kier molecular flexibility index (Phi) is 8.83. The predicted molar refractivity (Wildman–Crippen MR) is 101 cm³/mol. The van der Waals surface area contributed by atoms with Crippen LogP contribution >= 0.6 is 0 Å². The number of carbonyl (C=O) groups is 2. The molecule has 0 unspecified atom stereocenters. The summed E-state index contributed by atoms with van der Waals surface area (Å²) in [4.78, 5) is 24.6. The summed E-state index contributed by atoms with van der Waals surface area (Å²) in [5.41, 5.74) is -0.864. The van der Waals surface area contributed by atoms with Crippen LogP contribution in [0.5, 0.6) is 0 Å². The SMILES string of the molecule is CCCCCCCOC(=O)c1ccccc1C(=O)OCc1cc(F)c(F)c(F)c1F. The lowest BCUT2D eigenvalue weighted by Crippen LogP contribution is -2.15. The molecule has 162 valence electrons. The van der Waals surface area contributed by atoms with Crippen molar-refractivity contribution in [3.63, 3.8) is 0 Å². The summed E-state index contributed by atoms with van der Waals surface area (Å²) in [5.74, 6) is -8.95. The molecule has 0 saturated carbocycles. The second-order valence-corrected chi connectivity index (χ2v) is 6.63. The molecule has 2 aromatic carbocycles. The summed E-state index contributed by atoms with van der Waals surface area (Å²) in [6.45, 7) is 1.44. The number of esters is 2. The topological polar surface area (TPSA) is 52.6 Å². The van der Waals surface area contributed by atoms with Crippen molar-refractivity contribution in [2.75, 3.05) is 6.61 Å². The molecule has 0 atom stereocenters. The van der Waals surface area contributed by atoms with E-state index in [1.54, 1.807) is 0 Å². The van der Waals surface area contributed by atoms with Gasteiger partial charge in [-0.05, 0) is 24.6 Å². The highest BCUT2D eigenvalue weighted by molar-refractivity contribution is 6.03. The third-order valence-electron chi connectivity index (χ3n) is 4.38. The van der Waals surface area contributed by atoms with E-state index in [1.807, 2.05) is 0 Å². The van der Waals surface area contributed by atoms with Crippen molar-refractivity contribution in [3.8, 4) is 0 Å². The second-order valence-electron chi connectivity index (χ2n) is 6.63. The highest BCUT2D eigenvalue weighted by Crippen LogP contribution is 2.20. The van der Waals surface area contributed by atoms with Crippen molar-refractivity contribution in [3.05, 3.63) is 70.3 Å². The molecule has 0 heterocycles. The highest BCUT2D eigenvalue weighted by atomic mass is 19.2. The lowest BCUT2D eigenvalue weighted by Gasteiger charge is -2.11. The van der Waals surface area contributed by atoms with E-state index in [0.717, 1.165) is 25.7 Å². The fraction of sp³-hybridized carbons (Fsp3) is 0.364. The first-order valence-corrected chi connectivity index (χ1v) is 9.62. The lowest BCUT2D eigenvalue weighted by atomic mass is 10.1. The van der Waals surface area contributed by atoms with Gasteiger partial charge < -0.3 is 9.47 Å². The van der Waals surface area contributed by atoms with E-state index in [9.17, 15) is 27.2 Å². The van der Waals surface area contributed by atoms with Crippen LogP contribution in [-0.4, -0.2) is 18.5 Å². The molecular weight excluding hydrogens is 404 g/mol. The molecule has 0 radical (unpaired) electrons. The average molecular weight is 426 g/mol. The van der Waals surface area contributed by atoms with E-state index in [4.69, 9.17) is 9.47 Å². The quantitative estimate of drug-likeness (QED) is 0.160. The Balaban J connectivity index is 2.01. The molecule has 0 spiro atoms. The van der Waals surface area contributed by atoms with E-state index in [0.29, 0.717) is 12.5 Å². The van der Waals surface area contributed by atoms with Gasteiger partial charge in [-0.2, -0.15) is 0 Å². The zero-order valence-electron chi connectivity index (χ0n) is 16.5. The van der Waals surface area contributed by atoms with E-state index >= 15 is 0 Å². The molecule has 0 aliphatic carbocycles. The number of carbonyl (C=O) groups excluding carboxylic acids is 2. The van der Waals surface area contributed by atoms with Gasteiger partial charge in [0, 0.05) is 5.56 Å². The number of hydrogen-bond acceptors (Lipinski definition) is 4. The predicted octanol–water partition coefficient (Wildman–Crippen LogP) is 5.73. The van der Waals surface area contributed by atoms with Gasteiger partial charge in [-0.3, -0.25) is 0 Å². The van der Waals surface area contributed by atoms with Crippen LogP contribution < -0.4 is 0 Å². The zero-order valence-corrected chi connectivity index (χ0v) is 16.5. The molecular formula is C22H22F4O4. The van der Waals surface area contributed by atoms with E-state index in [-0.39, 0.29) is 17.7 Å². The van der Waals surface area contributed by atoms with Crippen LogP contribution in [0.1, 0.15) is 65.3 Å². The number of ether oxygens (including phenoxy) is 2. The van der Waals surface area contributed by atoms with Gasteiger partial charge in [0.1, 0.15) is 6.61 Å². The fourth-order valence-electron chi connectivity index (χ4n) is 2.74. The molecule has 4 nitrogen and oxygen atoms in total.